The highest BCUT2D eigenvalue weighted by atomic mass is 16.8. The summed E-state index contributed by atoms with van der Waals surface area (Å²) < 4.78 is 12.7. The van der Waals surface area contributed by atoms with Crippen molar-refractivity contribution in [3.8, 4) is 0 Å². The van der Waals surface area contributed by atoms with Crippen molar-refractivity contribution in [3.63, 3.8) is 0 Å². The number of fused-ring (bicyclic) bond motifs is 1. The van der Waals surface area contributed by atoms with E-state index in [4.69, 9.17) is 9.47 Å². The van der Waals surface area contributed by atoms with E-state index >= 15 is 0 Å². The molecular weight excluding hydrogens is 212 g/mol. The molecule has 2 heteroatoms. The molecule has 2 nitrogen and oxygen atoms in total. The highest BCUT2D eigenvalue weighted by Gasteiger charge is 2.53. The Hall–Kier alpha value is -0.0800. The zero-order valence-electron chi connectivity index (χ0n) is 11.9. The van der Waals surface area contributed by atoms with Crippen LogP contribution in [0.5, 0.6) is 0 Å². The van der Waals surface area contributed by atoms with Gasteiger partial charge in [0.25, 0.3) is 0 Å². The molecule has 1 aliphatic heterocycles. The third kappa shape index (κ3) is 2.39. The van der Waals surface area contributed by atoms with Crippen LogP contribution in [0.2, 0.25) is 0 Å². The minimum atomic E-state index is -0.301. The molecule has 1 saturated carbocycles. The Morgan fingerprint density at radius 2 is 1.71 bits per heavy atom. The SMILES string of the molecule is CCCCC(C)C1(C(C)C)O[C@H]2CCC[C@H]2O1. The third-order valence-electron chi connectivity index (χ3n) is 4.55. The molecule has 1 saturated heterocycles. The molecule has 0 bridgehead atoms. The van der Waals surface area contributed by atoms with E-state index in [0.717, 1.165) is 0 Å². The lowest BCUT2D eigenvalue weighted by Crippen LogP contribution is -2.44. The first-order valence-corrected chi connectivity index (χ1v) is 7.45. The molecular formula is C15H28O2. The van der Waals surface area contributed by atoms with Gasteiger partial charge in [0, 0.05) is 11.8 Å². The van der Waals surface area contributed by atoms with Gasteiger partial charge < -0.3 is 9.47 Å². The minimum Gasteiger partial charge on any atom is -0.343 e. The smallest absolute Gasteiger partial charge is 0.174 e. The van der Waals surface area contributed by atoms with Crippen LogP contribution < -0.4 is 0 Å². The van der Waals surface area contributed by atoms with Crippen LogP contribution in [0, 0.1) is 11.8 Å². The normalized spacial score (nSPS) is 38.6. The molecule has 2 unspecified atom stereocenters. The van der Waals surface area contributed by atoms with Gasteiger partial charge in [-0.05, 0) is 25.7 Å². The highest BCUT2D eigenvalue weighted by molar-refractivity contribution is 4.94. The maximum absolute atomic E-state index is 6.37. The molecule has 0 radical (unpaired) electrons. The Kier molecular flexibility index (Phi) is 4.14. The predicted molar refractivity (Wildman–Crippen MR) is 69.9 cm³/mol. The molecule has 4 atom stereocenters. The first-order chi connectivity index (χ1) is 8.10. The van der Waals surface area contributed by atoms with E-state index in [1.54, 1.807) is 0 Å². The second kappa shape index (κ2) is 5.27. The van der Waals surface area contributed by atoms with Gasteiger partial charge in [-0.3, -0.25) is 0 Å². The quantitative estimate of drug-likeness (QED) is 0.719. The summed E-state index contributed by atoms with van der Waals surface area (Å²) in [5.41, 5.74) is 0. The van der Waals surface area contributed by atoms with Crippen molar-refractivity contribution in [2.45, 2.75) is 84.2 Å². The molecule has 0 N–H and O–H groups in total. The Balaban J connectivity index is 2.06. The van der Waals surface area contributed by atoms with Crippen LogP contribution in [0.1, 0.15) is 66.2 Å². The van der Waals surface area contributed by atoms with Crippen molar-refractivity contribution >= 4 is 0 Å². The molecule has 0 aromatic heterocycles. The summed E-state index contributed by atoms with van der Waals surface area (Å²) in [7, 11) is 0. The molecule has 0 aromatic rings. The van der Waals surface area contributed by atoms with Crippen LogP contribution in [0.15, 0.2) is 0 Å². The van der Waals surface area contributed by atoms with Crippen molar-refractivity contribution in [2.24, 2.45) is 11.8 Å². The van der Waals surface area contributed by atoms with Crippen LogP contribution in [-0.4, -0.2) is 18.0 Å². The molecule has 0 aromatic carbocycles. The van der Waals surface area contributed by atoms with E-state index in [2.05, 4.69) is 27.7 Å². The summed E-state index contributed by atoms with van der Waals surface area (Å²) in [4.78, 5) is 0. The van der Waals surface area contributed by atoms with Crippen molar-refractivity contribution < 1.29 is 9.47 Å². The van der Waals surface area contributed by atoms with Gasteiger partial charge in [-0.1, -0.05) is 40.5 Å². The Bertz CT molecular complexity index is 237. The van der Waals surface area contributed by atoms with Crippen molar-refractivity contribution in [1.29, 1.82) is 0 Å². The van der Waals surface area contributed by atoms with Crippen molar-refractivity contribution in [2.75, 3.05) is 0 Å². The lowest BCUT2D eigenvalue weighted by Gasteiger charge is -2.38. The molecule has 2 fully saturated rings. The molecule has 2 rings (SSSR count). The third-order valence-corrected chi connectivity index (χ3v) is 4.55. The van der Waals surface area contributed by atoms with Gasteiger partial charge in [0.2, 0.25) is 0 Å². The van der Waals surface area contributed by atoms with Crippen LogP contribution in [0.4, 0.5) is 0 Å². The Labute approximate surface area is 106 Å². The van der Waals surface area contributed by atoms with Gasteiger partial charge >= 0.3 is 0 Å². The van der Waals surface area contributed by atoms with E-state index in [1.165, 1.54) is 38.5 Å². The summed E-state index contributed by atoms with van der Waals surface area (Å²) >= 11 is 0. The lowest BCUT2D eigenvalue weighted by atomic mass is 9.86. The minimum absolute atomic E-state index is 0.301. The summed E-state index contributed by atoms with van der Waals surface area (Å²) in [6, 6.07) is 0. The number of ether oxygens (including phenoxy) is 2. The molecule has 2 aliphatic rings. The molecule has 1 heterocycles. The summed E-state index contributed by atoms with van der Waals surface area (Å²) in [5, 5.41) is 0. The summed E-state index contributed by atoms with van der Waals surface area (Å²) in [5.74, 6) is 0.651. The standard InChI is InChI=1S/C15H28O2/c1-5-6-8-12(4)15(11(2)3)16-13-9-7-10-14(13)17-15/h11-14H,5-10H2,1-4H3/t12?,13-,14+,15?. The van der Waals surface area contributed by atoms with Crippen molar-refractivity contribution in [3.05, 3.63) is 0 Å². The first-order valence-electron chi connectivity index (χ1n) is 7.45. The monoisotopic (exact) mass is 240 g/mol. The van der Waals surface area contributed by atoms with Gasteiger partial charge in [0.15, 0.2) is 5.79 Å². The summed E-state index contributed by atoms with van der Waals surface area (Å²) in [6.07, 6.45) is 8.16. The molecule has 0 spiro atoms. The van der Waals surface area contributed by atoms with Crippen LogP contribution in [0.25, 0.3) is 0 Å². The van der Waals surface area contributed by atoms with Crippen LogP contribution in [0.3, 0.4) is 0 Å². The second-order valence-electron chi connectivity index (χ2n) is 6.16. The lowest BCUT2D eigenvalue weighted by molar-refractivity contribution is -0.240. The maximum atomic E-state index is 6.37. The Morgan fingerprint density at radius 3 is 2.18 bits per heavy atom. The van der Waals surface area contributed by atoms with E-state index in [-0.39, 0.29) is 5.79 Å². The van der Waals surface area contributed by atoms with E-state index in [0.29, 0.717) is 24.0 Å². The number of hydrogen-bond acceptors (Lipinski definition) is 2. The second-order valence-corrected chi connectivity index (χ2v) is 6.16. The zero-order chi connectivity index (χ0) is 12.5. The fourth-order valence-electron chi connectivity index (χ4n) is 3.45. The summed E-state index contributed by atoms with van der Waals surface area (Å²) in [6.45, 7) is 9.03. The van der Waals surface area contributed by atoms with Gasteiger partial charge in [-0.15, -0.1) is 0 Å². The predicted octanol–water partition coefficient (Wildman–Crippen LogP) is 4.13. The van der Waals surface area contributed by atoms with E-state index < -0.39 is 0 Å². The number of unbranched alkanes of at least 4 members (excludes halogenated alkanes) is 1. The van der Waals surface area contributed by atoms with E-state index in [9.17, 15) is 0 Å². The fourth-order valence-corrected chi connectivity index (χ4v) is 3.45. The number of rotatable bonds is 5. The average Bonchev–Trinajstić information content (AvgIpc) is 2.83. The topological polar surface area (TPSA) is 18.5 Å². The largest absolute Gasteiger partial charge is 0.343 e. The Morgan fingerprint density at radius 1 is 1.12 bits per heavy atom. The van der Waals surface area contributed by atoms with Gasteiger partial charge in [0.05, 0.1) is 12.2 Å². The van der Waals surface area contributed by atoms with Crippen LogP contribution >= 0.6 is 0 Å². The molecule has 0 amide bonds. The van der Waals surface area contributed by atoms with Gasteiger partial charge in [-0.25, -0.2) is 0 Å². The van der Waals surface area contributed by atoms with Crippen LogP contribution in [-0.2, 0) is 9.47 Å². The zero-order valence-corrected chi connectivity index (χ0v) is 11.9. The van der Waals surface area contributed by atoms with Crippen molar-refractivity contribution in [1.82, 2.24) is 0 Å². The number of hydrogen-bond donors (Lipinski definition) is 0. The first kappa shape index (κ1) is 13.4. The molecule has 1 aliphatic carbocycles. The molecule has 17 heavy (non-hydrogen) atoms. The van der Waals surface area contributed by atoms with E-state index in [1.807, 2.05) is 0 Å². The van der Waals surface area contributed by atoms with Gasteiger partial charge in [0.1, 0.15) is 0 Å². The average molecular weight is 240 g/mol. The highest BCUT2D eigenvalue weighted by Crippen LogP contribution is 2.47. The fraction of sp³-hybridized carbons (Fsp3) is 1.00. The van der Waals surface area contributed by atoms with Gasteiger partial charge in [-0.2, -0.15) is 0 Å². The maximum Gasteiger partial charge on any atom is 0.174 e. The molecule has 100 valence electrons.